The largest absolute Gasteiger partial charge is 0.480 e. The number of aliphatic hydroxyl groups excluding tert-OH is 1. The minimum absolute atomic E-state index is 0.00572. The van der Waals surface area contributed by atoms with Crippen LogP contribution in [0.15, 0.2) is 30.3 Å². The van der Waals surface area contributed by atoms with Crippen LogP contribution in [0, 0.1) is 23.7 Å². The molecule has 2 saturated heterocycles. The van der Waals surface area contributed by atoms with Crippen LogP contribution < -0.4 is 10.6 Å². The third-order valence-corrected chi connectivity index (χ3v) is 12.8. The van der Waals surface area contributed by atoms with Crippen molar-refractivity contribution in [2.24, 2.45) is 23.7 Å². The van der Waals surface area contributed by atoms with Crippen molar-refractivity contribution < 1.29 is 43.7 Å². The van der Waals surface area contributed by atoms with Crippen molar-refractivity contribution in [2.45, 2.75) is 148 Å². The summed E-state index contributed by atoms with van der Waals surface area (Å²) in [7, 11) is 8.52. The number of ether oxygens (including phenoxy) is 2. The van der Waals surface area contributed by atoms with Crippen molar-refractivity contribution in [1.29, 1.82) is 0 Å². The fraction of sp³-hybridized carbons (Fsp3) is 0.756. The normalized spacial score (nSPS) is 21.6. The lowest BCUT2D eigenvalue weighted by atomic mass is 9.89. The Kier molecular flexibility index (Phi) is 19.9. The predicted molar refractivity (Wildman–Crippen MR) is 231 cm³/mol. The second-order valence-corrected chi connectivity index (χ2v) is 17.9. The van der Waals surface area contributed by atoms with Gasteiger partial charge in [0, 0.05) is 40.3 Å². The lowest BCUT2D eigenvalue weighted by Crippen LogP contribution is -2.60. The molecule has 1 aromatic carbocycles. The molecule has 0 radical (unpaired) electrons. The summed E-state index contributed by atoms with van der Waals surface area (Å²) in [6.45, 7) is 14.4. The van der Waals surface area contributed by atoms with Crippen LogP contribution in [-0.2, 0) is 39.9 Å². The number of carboxylic acids is 1. The first-order chi connectivity index (χ1) is 28.3. The lowest BCUT2D eigenvalue weighted by Gasteiger charge is -2.41. The van der Waals surface area contributed by atoms with Gasteiger partial charge in [-0.1, -0.05) is 85.2 Å². The SMILES string of the molecule is CCC(C)C(C(CC(=O)N1CCCC1C(OC)C(C)C(O)N[C@@H](Cc1ccccc1)C(=O)N1CCCC1C(=O)O)OC)N(C)C(=O)[C@@H](NC(=O)C(C(C)C)N(C)C)C(C)C. The Hall–Kier alpha value is -3.63. The third-order valence-electron chi connectivity index (χ3n) is 12.8. The second kappa shape index (κ2) is 23.5. The molecule has 4 N–H and O–H groups in total. The molecule has 0 aliphatic carbocycles. The van der Waals surface area contributed by atoms with Gasteiger partial charge in [-0.2, -0.15) is 0 Å². The summed E-state index contributed by atoms with van der Waals surface area (Å²) < 4.78 is 12.1. The molecule has 15 heteroatoms. The van der Waals surface area contributed by atoms with Crippen molar-refractivity contribution in [3.05, 3.63) is 35.9 Å². The molecule has 2 aliphatic heterocycles. The zero-order valence-corrected chi connectivity index (χ0v) is 38.3. The van der Waals surface area contributed by atoms with Crippen LogP contribution in [0.3, 0.4) is 0 Å². The molecule has 0 bridgehead atoms. The molecule has 0 saturated carbocycles. The van der Waals surface area contributed by atoms with Gasteiger partial charge in [0.15, 0.2) is 0 Å². The Morgan fingerprint density at radius 3 is 2.03 bits per heavy atom. The Morgan fingerprint density at radius 1 is 0.883 bits per heavy atom. The fourth-order valence-electron chi connectivity index (χ4n) is 9.38. The number of amides is 4. The molecule has 0 spiro atoms. The molecule has 2 aliphatic rings. The van der Waals surface area contributed by atoms with E-state index < -0.39 is 66.6 Å². The van der Waals surface area contributed by atoms with Gasteiger partial charge in [0.25, 0.3) is 0 Å². The van der Waals surface area contributed by atoms with E-state index in [-0.39, 0.29) is 54.2 Å². The summed E-state index contributed by atoms with van der Waals surface area (Å²) in [5, 5.41) is 27.7. The van der Waals surface area contributed by atoms with E-state index in [1.165, 1.54) is 4.90 Å². The zero-order valence-electron chi connectivity index (χ0n) is 38.3. The fourth-order valence-corrected chi connectivity index (χ4v) is 9.38. The van der Waals surface area contributed by atoms with E-state index in [0.717, 1.165) is 12.0 Å². The first-order valence-electron chi connectivity index (χ1n) is 21.9. The number of hydrogen-bond acceptors (Lipinski definition) is 10. The van der Waals surface area contributed by atoms with Crippen LogP contribution >= 0.6 is 0 Å². The number of hydrogen-bond donors (Lipinski definition) is 4. The molecular formula is C45H76N6O9. The van der Waals surface area contributed by atoms with Gasteiger partial charge in [0.2, 0.25) is 23.6 Å². The highest BCUT2D eigenvalue weighted by Crippen LogP contribution is 2.31. The van der Waals surface area contributed by atoms with Gasteiger partial charge in [-0.05, 0) is 69.5 Å². The maximum Gasteiger partial charge on any atom is 0.326 e. The molecule has 1 aromatic rings. The van der Waals surface area contributed by atoms with Crippen molar-refractivity contribution in [1.82, 2.24) is 30.2 Å². The predicted octanol–water partition coefficient (Wildman–Crippen LogP) is 3.23. The minimum atomic E-state index is -1.24. The van der Waals surface area contributed by atoms with Gasteiger partial charge < -0.3 is 39.7 Å². The Bertz CT molecular complexity index is 1540. The summed E-state index contributed by atoms with van der Waals surface area (Å²) in [6, 6.07) is 5.48. The number of methoxy groups -OCH3 is 2. The van der Waals surface area contributed by atoms with Crippen LogP contribution in [-0.4, -0.2) is 163 Å². The number of nitrogens with zero attached hydrogens (tertiary/aromatic N) is 4. The van der Waals surface area contributed by atoms with Crippen LogP contribution in [0.2, 0.25) is 0 Å². The van der Waals surface area contributed by atoms with Crippen molar-refractivity contribution in [3.8, 4) is 0 Å². The van der Waals surface area contributed by atoms with E-state index in [0.29, 0.717) is 38.8 Å². The molecule has 11 atom stereocenters. The summed E-state index contributed by atoms with van der Waals surface area (Å²) in [5.41, 5.74) is 0.856. The second-order valence-electron chi connectivity index (χ2n) is 17.9. The quantitative estimate of drug-likeness (QED) is 0.119. The van der Waals surface area contributed by atoms with Crippen LogP contribution in [0.5, 0.6) is 0 Å². The molecule has 9 unspecified atom stereocenters. The number of aliphatic hydroxyl groups is 1. The number of benzene rings is 1. The Morgan fingerprint density at radius 2 is 1.50 bits per heavy atom. The number of carbonyl (C=O) groups is 5. The summed E-state index contributed by atoms with van der Waals surface area (Å²) >= 11 is 0. The van der Waals surface area contributed by atoms with E-state index in [4.69, 9.17) is 9.47 Å². The third kappa shape index (κ3) is 12.7. The average Bonchev–Trinajstić information content (AvgIpc) is 3.90. The van der Waals surface area contributed by atoms with Gasteiger partial charge in [-0.25, -0.2) is 4.79 Å². The molecule has 60 heavy (non-hydrogen) atoms. The van der Waals surface area contributed by atoms with Gasteiger partial charge >= 0.3 is 5.97 Å². The highest BCUT2D eigenvalue weighted by Gasteiger charge is 2.44. The van der Waals surface area contributed by atoms with Crippen LogP contribution in [0.4, 0.5) is 0 Å². The van der Waals surface area contributed by atoms with Gasteiger partial charge in [0.05, 0.1) is 42.8 Å². The number of carboxylic acid groups (broad SMARTS) is 1. The van der Waals surface area contributed by atoms with E-state index in [1.807, 2.05) is 97.8 Å². The van der Waals surface area contributed by atoms with Crippen molar-refractivity contribution >= 4 is 29.6 Å². The monoisotopic (exact) mass is 845 g/mol. The number of likely N-dealkylation sites (tertiary alicyclic amines) is 2. The van der Waals surface area contributed by atoms with Gasteiger partial charge in [0.1, 0.15) is 18.3 Å². The van der Waals surface area contributed by atoms with Crippen molar-refractivity contribution in [2.75, 3.05) is 48.5 Å². The number of likely N-dealkylation sites (N-methyl/N-ethyl adjacent to an activating group) is 2. The first-order valence-corrected chi connectivity index (χ1v) is 21.9. The maximum atomic E-state index is 14.4. The topological polar surface area (TPSA) is 181 Å². The van der Waals surface area contributed by atoms with Gasteiger partial charge in [-0.15, -0.1) is 0 Å². The molecule has 3 rings (SSSR count). The smallest absolute Gasteiger partial charge is 0.326 e. The lowest BCUT2D eigenvalue weighted by molar-refractivity contribution is -0.150. The molecule has 2 heterocycles. The van der Waals surface area contributed by atoms with Crippen LogP contribution in [0.25, 0.3) is 0 Å². The molecule has 4 amide bonds. The number of nitrogens with one attached hydrogen (secondary N) is 2. The minimum Gasteiger partial charge on any atom is -0.480 e. The highest BCUT2D eigenvalue weighted by atomic mass is 16.5. The number of aliphatic carboxylic acids is 1. The molecular weight excluding hydrogens is 769 g/mol. The number of rotatable bonds is 23. The maximum absolute atomic E-state index is 14.4. The summed E-state index contributed by atoms with van der Waals surface area (Å²) in [4.78, 5) is 74.8. The molecule has 2 fully saturated rings. The van der Waals surface area contributed by atoms with E-state index >= 15 is 0 Å². The number of carbonyl (C=O) groups excluding carboxylic acids is 4. The Labute approximate surface area is 358 Å². The standard InChI is InChI=1S/C45H76N6O9/c1-13-29(6)39(49(10)44(56)37(27(2)3)47-42(54)38(28(4)5)48(8)9)35(59-11)26-36(52)50-23-17-21-33(50)40(60-12)30(7)41(53)46-32(25-31-19-15-14-16-20-31)43(55)51-24-18-22-34(51)45(57)58/h14-16,19-20,27-30,32-35,37-41,46,53H,13,17-18,21-26H2,1-12H3,(H,47,54)(H,57,58)/t29?,30?,32-,33?,34?,35?,37-,38?,39?,40?,41?/m0/s1. The average molecular weight is 845 g/mol. The van der Waals surface area contributed by atoms with E-state index in [1.54, 1.807) is 31.1 Å². The highest BCUT2D eigenvalue weighted by molar-refractivity contribution is 5.90. The van der Waals surface area contributed by atoms with Crippen molar-refractivity contribution in [3.63, 3.8) is 0 Å². The molecule has 15 nitrogen and oxygen atoms in total. The summed E-state index contributed by atoms with van der Waals surface area (Å²) in [6.07, 6.45) is 0.741. The van der Waals surface area contributed by atoms with E-state index in [9.17, 15) is 34.2 Å². The van der Waals surface area contributed by atoms with Gasteiger partial charge in [-0.3, -0.25) is 29.4 Å². The van der Waals surface area contributed by atoms with E-state index in [2.05, 4.69) is 10.6 Å². The molecule has 0 aromatic heterocycles. The molecule has 340 valence electrons. The summed E-state index contributed by atoms with van der Waals surface area (Å²) in [5.74, 6) is -2.88. The van der Waals surface area contributed by atoms with Crippen LogP contribution in [0.1, 0.15) is 92.6 Å². The first kappa shape index (κ1) is 50.7. The Balaban J connectivity index is 1.82. The zero-order chi connectivity index (χ0) is 45.0.